The number of hydrogen-bond acceptors (Lipinski definition) is 2. The largest absolute Gasteiger partial charge is 0.465 e. The second kappa shape index (κ2) is 9.92. The Morgan fingerprint density at radius 3 is 2.13 bits per heavy atom. The predicted molar refractivity (Wildman–Crippen MR) is 198 cm³/mol. The lowest BCUT2D eigenvalue weighted by Crippen LogP contribution is -1.94. The second-order valence-corrected chi connectivity index (χ2v) is 13.1. The highest BCUT2D eigenvalue weighted by Crippen LogP contribution is 2.45. The lowest BCUT2D eigenvalue weighted by atomic mass is 9.97. The molecule has 0 N–H and O–H groups in total. The van der Waals surface area contributed by atoms with E-state index in [0.29, 0.717) is 11.3 Å². The van der Waals surface area contributed by atoms with Gasteiger partial charge in [-0.05, 0) is 70.8 Å². The van der Waals surface area contributed by atoms with Crippen molar-refractivity contribution in [1.82, 2.24) is 4.57 Å². The van der Waals surface area contributed by atoms with Crippen LogP contribution in [0.4, 0.5) is 5.69 Å². The maximum Gasteiger partial charge on any atom is 0.230 e. The smallest absolute Gasteiger partial charge is 0.230 e. The third-order valence-electron chi connectivity index (χ3n) is 9.41. The first kappa shape index (κ1) is 26.1. The molecule has 10 aromatic rings. The van der Waals surface area contributed by atoms with Gasteiger partial charge in [0.2, 0.25) is 5.69 Å². The van der Waals surface area contributed by atoms with Crippen LogP contribution in [0.2, 0.25) is 0 Å². The number of rotatable bonds is 3. The molecule has 0 unspecified atom stereocenters. The van der Waals surface area contributed by atoms with E-state index in [-0.39, 0.29) is 0 Å². The predicted octanol–water partition coefficient (Wildman–Crippen LogP) is 12.9. The molecule has 0 saturated carbocycles. The average molecular weight is 617 g/mol. The highest BCUT2D eigenvalue weighted by atomic mass is 32.1. The van der Waals surface area contributed by atoms with Gasteiger partial charge in [0.05, 0.1) is 23.3 Å². The second-order valence-electron chi connectivity index (χ2n) is 12.0. The van der Waals surface area contributed by atoms with Crippen molar-refractivity contribution in [2.24, 2.45) is 0 Å². The molecule has 0 fully saturated rings. The summed E-state index contributed by atoms with van der Waals surface area (Å²) < 4.78 is 11.5. The Balaban J connectivity index is 1.24. The molecule has 3 heterocycles. The molecule has 0 aliphatic rings. The van der Waals surface area contributed by atoms with Gasteiger partial charge in [-0.2, -0.15) is 0 Å². The summed E-state index contributed by atoms with van der Waals surface area (Å²) in [5, 5.41) is 6.81. The molecule has 47 heavy (non-hydrogen) atoms. The molecular weight excluding hydrogens is 593 g/mol. The summed E-state index contributed by atoms with van der Waals surface area (Å²) in [5.74, 6) is 0. The van der Waals surface area contributed by atoms with E-state index in [1.807, 2.05) is 17.4 Å². The summed E-state index contributed by atoms with van der Waals surface area (Å²) in [7, 11) is 0. The highest BCUT2D eigenvalue weighted by molar-refractivity contribution is 7.25. The van der Waals surface area contributed by atoms with Crippen molar-refractivity contribution < 1.29 is 4.42 Å². The van der Waals surface area contributed by atoms with Crippen molar-refractivity contribution >= 4 is 80.9 Å². The molecule has 0 radical (unpaired) electrons. The zero-order valence-electron chi connectivity index (χ0n) is 25.1. The number of thiophene rings is 1. The fourth-order valence-electron chi connectivity index (χ4n) is 7.34. The summed E-state index contributed by atoms with van der Waals surface area (Å²) in [6.45, 7) is 8.18. The lowest BCUT2D eigenvalue weighted by molar-refractivity contribution is 0.668. The highest BCUT2D eigenvalue weighted by Gasteiger charge is 2.21. The topological polar surface area (TPSA) is 22.4 Å². The van der Waals surface area contributed by atoms with Crippen LogP contribution in [0.3, 0.4) is 0 Å². The number of nitrogens with zero attached hydrogens (tertiary/aromatic N) is 2. The summed E-state index contributed by atoms with van der Waals surface area (Å²) in [6, 6.07) is 51.4. The third-order valence-corrected chi connectivity index (χ3v) is 10.5. The number of para-hydroxylation sites is 2. The molecular formula is C43H24N2OS. The molecule has 3 nitrogen and oxygen atoms in total. The standard InChI is InChI=1S/C43H24N2OS/c1-44-35-25-28(29-15-10-20-40-41(29)32-14-6-8-19-39(32)47-40)24-34-31-16-9-18-38(43(31)46-42(34)35)45-36-17-7-5-13-30(36)33-23-27(21-22-37(33)45)26-11-3-2-4-12-26/h2-25H. The number of aromatic nitrogens is 1. The zero-order chi connectivity index (χ0) is 31.1. The van der Waals surface area contributed by atoms with Gasteiger partial charge in [-0.1, -0.05) is 97.1 Å². The normalized spacial score (nSPS) is 11.8. The van der Waals surface area contributed by atoms with Gasteiger partial charge < -0.3 is 8.98 Å². The Labute approximate surface area is 274 Å². The molecule has 0 aliphatic heterocycles. The van der Waals surface area contributed by atoms with E-state index in [0.717, 1.165) is 44.2 Å². The van der Waals surface area contributed by atoms with Crippen molar-refractivity contribution in [3.8, 4) is 27.9 Å². The first-order chi connectivity index (χ1) is 23.3. The van der Waals surface area contributed by atoms with Crippen molar-refractivity contribution in [2.45, 2.75) is 0 Å². The van der Waals surface area contributed by atoms with Crippen molar-refractivity contribution in [3.63, 3.8) is 0 Å². The minimum Gasteiger partial charge on any atom is -0.465 e. The van der Waals surface area contributed by atoms with Crippen LogP contribution in [0, 0.1) is 6.57 Å². The summed E-state index contributed by atoms with van der Waals surface area (Å²) >= 11 is 1.81. The summed E-state index contributed by atoms with van der Waals surface area (Å²) in [5.41, 5.74) is 9.64. The minimum atomic E-state index is 0.519. The van der Waals surface area contributed by atoms with Gasteiger partial charge in [0.1, 0.15) is 5.58 Å². The molecule has 218 valence electrons. The van der Waals surface area contributed by atoms with Gasteiger partial charge >= 0.3 is 0 Å². The van der Waals surface area contributed by atoms with Crippen molar-refractivity contribution in [1.29, 1.82) is 0 Å². The average Bonchev–Trinajstić information content (AvgIpc) is 3.81. The zero-order valence-corrected chi connectivity index (χ0v) is 25.9. The molecule has 3 aromatic heterocycles. The van der Waals surface area contributed by atoms with E-state index in [1.165, 1.54) is 42.1 Å². The van der Waals surface area contributed by atoms with Crippen molar-refractivity contribution in [3.05, 3.63) is 157 Å². The lowest BCUT2D eigenvalue weighted by Gasteiger charge is -2.09. The SMILES string of the molecule is [C-]#[N+]c1cc(-c2cccc3sc4ccccc4c23)cc2c1oc1c(-n3c4ccccc4c4cc(-c5ccccc5)ccc43)cccc12. The molecule has 0 amide bonds. The Morgan fingerprint density at radius 2 is 1.23 bits per heavy atom. The molecule has 4 heteroatoms. The van der Waals surface area contributed by atoms with Crippen LogP contribution < -0.4 is 0 Å². The molecule has 10 rings (SSSR count). The molecule has 0 saturated heterocycles. The van der Waals surface area contributed by atoms with Gasteiger partial charge in [-0.15, -0.1) is 11.3 Å². The first-order valence-electron chi connectivity index (χ1n) is 15.6. The van der Waals surface area contributed by atoms with Gasteiger partial charge in [0.15, 0.2) is 5.58 Å². The molecule has 0 atom stereocenters. The van der Waals surface area contributed by atoms with Crippen LogP contribution in [0.1, 0.15) is 0 Å². The number of hydrogen-bond donors (Lipinski definition) is 0. The fraction of sp³-hybridized carbons (Fsp3) is 0. The Morgan fingerprint density at radius 1 is 0.511 bits per heavy atom. The maximum atomic E-state index is 8.18. The van der Waals surface area contributed by atoms with Crippen LogP contribution >= 0.6 is 11.3 Å². The van der Waals surface area contributed by atoms with Crippen LogP contribution in [0.15, 0.2) is 150 Å². The van der Waals surface area contributed by atoms with E-state index in [2.05, 4.69) is 149 Å². The molecule has 0 bridgehead atoms. The molecule has 0 spiro atoms. The summed E-state index contributed by atoms with van der Waals surface area (Å²) in [6.07, 6.45) is 0. The monoisotopic (exact) mass is 616 g/mol. The Kier molecular flexibility index (Phi) is 5.51. The third kappa shape index (κ3) is 3.78. The van der Waals surface area contributed by atoms with E-state index in [4.69, 9.17) is 11.0 Å². The van der Waals surface area contributed by atoms with Crippen LogP contribution in [0.25, 0.3) is 96.7 Å². The van der Waals surface area contributed by atoms with Crippen LogP contribution in [0.5, 0.6) is 0 Å². The van der Waals surface area contributed by atoms with E-state index in [1.54, 1.807) is 0 Å². The van der Waals surface area contributed by atoms with Crippen LogP contribution in [-0.2, 0) is 0 Å². The quantitative estimate of drug-likeness (QED) is 0.181. The van der Waals surface area contributed by atoms with Gasteiger partial charge in [0.25, 0.3) is 0 Å². The minimum absolute atomic E-state index is 0.519. The molecule has 7 aromatic carbocycles. The van der Waals surface area contributed by atoms with Crippen LogP contribution in [-0.4, -0.2) is 4.57 Å². The molecule has 0 aliphatic carbocycles. The number of fused-ring (bicyclic) bond motifs is 9. The van der Waals surface area contributed by atoms with E-state index < -0.39 is 0 Å². The Hall–Kier alpha value is -6.15. The number of furan rings is 1. The van der Waals surface area contributed by atoms with E-state index in [9.17, 15) is 0 Å². The Bertz CT molecular complexity index is 2920. The van der Waals surface area contributed by atoms with Gasteiger partial charge in [-0.3, -0.25) is 0 Å². The van der Waals surface area contributed by atoms with Gasteiger partial charge in [-0.25, -0.2) is 4.85 Å². The van der Waals surface area contributed by atoms with Crippen molar-refractivity contribution in [2.75, 3.05) is 0 Å². The summed E-state index contributed by atoms with van der Waals surface area (Å²) in [4.78, 5) is 3.99. The van der Waals surface area contributed by atoms with Gasteiger partial charge in [0, 0.05) is 41.7 Å². The first-order valence-corrected chi connectivity index (χ1v) is 16.4. The maximum absolute atomic E-state index is 8.18. The fourth-order valence-corrected chi connectivity index (χ4v) is 8.47. The van der Waals surface area contributed by atoms with E-state index >= 15 is 0 Å². The number of benzene rings is 7.